The van der Waals surface area contributed by atoms with Crippen LogP contribution in [0.4, 0.5) is 0 Å². The molecule has 0 aliphatic rings. The van der Waals surface area contributed by atoms with Gasteiger partial charge < -0.3 is 15.5 Å². The Kier molecular flexibility index (Phi) is 4.69. The van der Waals surface area contributed by atoms with Gasteiger partial charge in [-0.15, -0.1) is 0 Å². The van der Waals surface area contributed by atoms with Gasteiger partial charge in [0.25, 0.3) is 5.56 Å². The average Bonchev–Trinajstić information content (AvgIpc) is 2.44. The van der Waals surface area contributed by atoms with Crippen LogP contribution in [0.25, 0.3) is 0 Å². The van der Waals surface area contributed by atoms with E-state index in [9.17, 15) is 4.79 Å². The summed E-state index contributed by atoms with van der Waals surface area (Å²) < 4.78 is 2.40. The lowest BCUT2D eigenvalue weighted by molar-refractivity contribution is 0.318. The van der Waals surface area contributed by atoms with Crippen molar-refractivity contribution in [3.8, 4) is 0 Å². The van der Waals surface area contributed by atoms with Gasteiger partial charge in [0.05, 0.1) is 12.1 Å². The predicted molar refractivity (Wildman–Crippen MR) is 86.2 cm³/mol. The van der Waals surface area contributed by atoms with Gasteiger partial charge in [0.15, 0.2) is 5.84 Å². The van der Waals surface area contributed by atoms with E-state index in [1.54, 1.807) is 12.1 Å². The summed E-state index contributed by atoms with van der Waals surface area (Å²) in [6, 6.07) is 8.74. The minimum Gasteiger partial charge on any atom is -0.409 e. The van der Waals surface area contributed by atoms with E-state index in [-0.39, 0.29) is 17.0 Å². The highest BCUT2D eigenvalue weighted by Gasteiger charge is 2.11. The van der Waals surface area contributed by atoms with Gasteiger partial charge in [-0.05, 0) is 36.8 Å². The largest absolute Gasteiger partial charge is 0.409 e. The molecular formula is C14H13BrClN3O2. The van der Waals surface area contributed by atoms with E-state index in [2.05, 4.69) is 21.1 Å². The van der Waals surface area contributed by atoms with Crippen molar-refractivity contribution in [3.63, 3.8) is 0 Å². The first-order valence-electron chi connectivity index (χ1n) is 6.06. The number of benzene rings is 1. The fourth-order valence-corrected chi connectivity index (χ4v) is 2.67. The molecule has 1 aromatic carbocycles. The number of aromatic nitrogens is 1. The SMILES string of the molecule is Cc1ccc(/C(N)=N/O)c(=O)n1Cc1ccc(Br)cc1Cl. The Morgan fingerprint density at radius 1 is 1.43 bits per heavy atom. The number of aryl methyl sites for hydroxylation is 1. The summed E-state index contributed by atoms with van der Waals surface area (Å²) in [6.07, 6.45) is 0. The molecule has 0 bridgehead atoms. The molecule has 7 heteroatoms. The van der Waals surface area contributed by atoms with Crippen LogP contribution in [0.1, 0.15) is 16.8 Å². The second-order valence-electron chi connectivity index (χ2n) is 4.50. The monoisotopic (exact) mass is 369 g/mol. The number of hydrogen-bond donors (Lipinski definition) is 2. The number of rotatable bonds is 3. The van der Waals surface area contributed by atoms with E-state index in [0.29, 0.717) is 11.6 Å². The third-order valence-electron chi connectivity index (χ3n) is 3.12. The van der Waals surface area contributed by atoms with E-state index >= 15 is 0 Å². The number of oxime groups is 1. The minimum absolute atomic E-state index is 0.149. The Bertz CT molecular complexity index is 771. The van der Waals surface area contributed by atoms with Crippen molar-refractivity contribution in [1.29, 1.82) is 0 Å². The molecule has 0 spiro atoms. The summed E-state index contributed by atoms with van der Waals surface area (Å²) >= 11 is 9.52. The summed E-state index contributed by atoms with van der Waals surface area (Å²) in [5.74, 6) is -0.212. The molecule has 1 aromatic heterocycles. The highest BCUT2D eigenvalue weighted by Crippen LogP contribution is 2.22. The van der Waals surface area contributed by atoms with Crippen LogP contribution < -0.4 is 11.3 Å². The number of nitrogens with zero attached hydrogens (tertiary/aromatic N) is 2. The van der Waals surface area contributed by atoms with Crippen LogP contribution in [0, 0.1) is 6.92 Å². The first-order chi connectivity index (χ1) is 9.93. The average molecular weight is 371 g/mol. The van der Waals surface area contributed by atoms with Gasteiger partial charge in [-0.2, -0.15) is 0 Å². The van der Waals surface area contributed by atoms with Gasteiger partial charge in [-0.3, -0.25) is 4.79 Å². The molecule has 1 heterocycles. The first-order valence-corrected chi connectivity index (χ1v) is 7.23. The van der Waals surface area contributed by atoms with Crippen LogP contribution in [0.2, 0.25) is 5.02 Å². The van der Waals surface area contributed by atoms with Crippen LogP contribution in [0.3, 0.4) is 0 Å². The zero-order valence-corrected chi connectivity index (χ0v) is 13.5. The summed E-state index contributed by atoms with van der Waals surface area (Å²) in [6.45, 7) is 2.12. The molecule has 3 N–H and O–H groups in total. The zero-order chi connectivity index (χ0) is 15.6. The van der Waals surface area contributed by atoms with E-state index < -0.39 is 0 Å². The lowest BCUT2D eigenvalue weighted by Crippen LogP contribution is -2.31. The molecule has 0 fully saturated rings. The van der Waals surface area contributed by atoms with E-state index in [1.807, 2.05) is 19.1 Å². The lowest BCUT2D eigenvalue weighted by atomic mass is 10.2. The maximum Gasteiger partial charge on any atom is 0.262 e. The second kappa shape index (κ2) is 6.32. The minimum atomic E-state index is -0.329. The molecule has 2 aromatic rings. The van der Waals surface area contributed by atoms with Gasteiger partial charge in [0.2, 0.25) is 0 Å². The van der Waals surface area contributed by atoms with Crippen LogP contribution in [0.5, 0.6) is 0 Å². The third kappa shape index (κ3) is 3.28. The maximum atomic E-state index is 12.4. The fraction of sp³-hybridized carbons (Fsp3) is 0.143. The van der Waals surface area contributed by atoms with Crippen molar-refractivity contribution >= 4 is 33.4 Å². The lowest BCUT2D eigenvalue weighted by Gasteiger charge is -2.13. The van der Waals surface area contributed by atoms with Crippen LogP contribution in [0.15, 0.2) is 44.8 Å². The molecule has 0 aliphatic carbocycles. The summed E-state index contributed by atoms with van der Waals surface area (Å²) in [5.41, 5.74) is 6.90. The third-order valence-corrected chi connectivity index (χ3v) is 3.96. The van der Waals surface area contributed by atoms with Crippen molar-refractivity contribution in [1.82, 2.24) is 4.57 Å². The normalized spacial score (nSPS) is 11.7. The molecule has 0 unspecified atom stereocenters. The molecule has 21 heavy (non-hydrogen) atoms. The summed E-state index contributed by atoms with van der Waals surface area (Å²) in [4.78, 5) is 12.4. The van der Waals surface area contributed by atoms with Crippen LogP contribution in [-0.2, 0) is 6.54 Å². The fourth-order valence-electron chi connectivity index (χ4n) is 1.94. The predicted octanol–water partition coefficient (Wildman–Crippen LogP) is 2.72. The highest BCUT2D eigenvalue weighted by atomic mass is 79.9. The van der Waals surface area contributed by atoms with Crippen molar-refractivity contribution in [2.75, 3.05) is 0 Å². The smallest absolute Gasteiger partial charge is 0.262 e. The quantitative estimate of drug-likeness (QED) is 0.377. The standard InChI is InChI=1S/C14H13BrClN3O2/c1-8-2-5-11(13(17)18-21)14(20)19(8)7-9-3-4-10(15)6-12(9)16/h2-6,21H,7H2,1H3,(H2,17,18). The van der Waals surface area contributed by atoms with E-state index in [1.165, 1.54) is 10.6 Å². The zero-order valence-electron chi connectivity index (χ0n) is 11.2. The Labute approximate surface area is 134 Å². The number of amidine groups is 1. The van der Waals surface area contributed by atoms with Crippen molar-refractivity contribution in [2.24, 2.45) is 10.9 Å². The van der Waals surface area contributed by atoms with Gasteiger partial charge in [-0.25, -0.2) is 0 Å². The molecule has 2 rings (SSSR count). The summed E-state index contributed by atoms with van der Waals surface area (Å²) in [5, 5.41) is 12.2. The number of halogens is 2. The number of hydrogen-bond acceptors (Lipinski definition) is 3. The van der Waals surface area contributed by atoms with Crippen LogP contribution >= 0.6 is 27.5 Å². The highest BCUT2D eigenvalue weighted by molar-refractivity contribution is 9.10. The van der Waals surface area contributed by atoms with E-state index in [4.69, 9.17) is 22.5 Å². The number of nitrogens with two attached hydrogens (primary N) is 1. The Hall–Kier alpha value is -1.79. The Balaban J connectivity index is 2.51. The molecule has 0 aliphatic heterocycles. The molecule has 0 atom stereocenters. The van der Waals surface area contributed by atoms with Gasteiger partial charge in [0.1, 0.15) is 0 Å². The van der Waals surface area contributed by atoms with Crippen molar-refractivity contribution in [2.45, 2.75) is 13.5 Å². The molecular weight excluding hydrogens is 358 g/mol. The second-order valence-corrected chi connectivity index (χ2v) is 5.82. The molecule has 0 radical (unpaired) electrons. The van der Waals surface area contributed by atoms with Crippen LogP contribution in [-0.4, -0.2) is 15.6 Å². The molecule has 0 saturated heterocycles. The first kappa shape index (κ1) is 15.6. The topological polar surface area (TPSA) is 80.6 Å². The Morgan fingerprint density at radius 3 is 2.76 bits per heavy atom. The summed E-state index contributed by atoms with van der Waals surface area (Å²) in [7, 11) is 0. The van der Waals surface area contributed by atoms with Crippen molar-refractivity contribution in [3.05, 3.63) is 67.0 Å². The van der Waals surface area contributed by atoms with Gasteiger partial charge in [0, 0.05) is 15.2 Å². The Morgan fingerprint density at radius 2 is 2.14 bits per heavy atom. The molecule has 110 valence electrons. The van der Waals surface area contributed by atoms with Crippen molar-refractivity contribution < 1.29 is 5.21 Å². The van der Waals surface area contributed by atoms with Gasteiger partial charge >= 0.3 is 0 Å². The molecule has 5 nitrogen and oxygen atoms in total. The van der Waals surface area contributed by atoms with E-state index in [0.717, 1.165) is 15.7 Å². The molecule has 0 saturated carbocycles. The maximum absolute atomic E-state index is 12.4. The number of pyridine rings is 1. The molecule has 0 amide bonds. The van der Waals surface area contributed by atoms with Gasteiger partial charge in [-0.1, -0.05) is 38.8 Å².